The number of hydrogen-bond donors (Lipinski definition) is 0. The van der Waals surface area contributed by atoms with Crippen LogP contribution in [0.3, 0.4) is 0 Å². The second kappa shape index (κ2) is 14.6. The van der Waals surface area contributed by atoms with Gasteiger partial charge in [0, 0.05) is 21.4 Å². The average Bonchev–Trinajstić information content (AvgIpc) is 2.20. The zero-order valence-electron chi connectivity index (χ0n) is 11.1. The lowest BCUT2D eigenvalue weighted by molar-refractivity contribution is 0.562. The summed E-state index contributed by atoms with van der Waals surface area (Å²) in [5.74, 6) is 0. The summed E-state index contributed by atoms with van der Waals surface area (Å²) in [6.07, 6.45) is 14.4. The topological polar surface area (TPSA) is 34.1 Å². The standard InChI is InChI=1S/C12H26.Cl2O2S/c1-3-5-7-9-11-12-10-8-6-4-2;1-5(2,3)4/h3-12H2,1-2H3;. The van der Waals surface area contributed by atoms with E-state index in [2.05, 4.69) is 35.2 Å². The summed E-state index contributed by atoms with van der Waals surface area (Å²) in [5, 5.41) is 0. The second-order valence-corrected chi connectivity index (χ2v) is 7.88. The molecule has 0 bridgehead atoms. The zero-order chi connectivity index (χ0) is 13.6. The minimum Gasteiger partial charge on any atom is -0.195 e. The number of halogens is 2. The maximum atomic E-state index is 9.16. The first-order valence-corrected chi connectivity index (χ1v) is 9.69. The lowest BCUT2D eigenvalue weighted by Crippen LogP contribution is -1.80. The van der Waals surface area contributed by atoms with Gasteiger partial charge in [-0.25, -0.2) is 0 Å². The molecule has 0 atom stereocenters. The molecule has 0 aromatic carbocycles. The maximum Gasteiger partial charge on any atom is 0.317 e. The Morgan fingerprint density at radius 2 is 0.824 bits per heavy atom. The summed E-state index contributed by atoms with van der Waals surface area (Å²) in [5.41, 5.74) is 0. The van der Waals surface area contributed by atoms with Crippen LogP contribution in [0.1, 0.15) is 78.1 Å². The fraction of sp³-hybridized carbons (Fsp3) is 1.00. The summed E-state index contributed by atoms with van der Waals surface area (Å²) >= 11 is 0. The van der Waals surface area contributed by atoms with Gasteiger partial charge in [-0.2, -0.15) is 8.42 Å². The van der Waals surface area contributed by atoms with Gasteiger partial charge in [-0.3, -0.25) is 0 Å². The smallest absolute Gasteiger partial charge is 0.195 e. The van der Waals surface area contributed by atoms with Crippen molar-refractivity contribution in [1.29, 1.82) is 0 Å². The van der Waals surface area contributed by atoms with Crippen molar-refractivity contribution in [2.75, 3.05) is 0 Å². The SMILES string of the molecule is CCCCCCCCCCCC.O=S(=O)(Cl)Cl. The maximum absolute atomic E-state index is 9.16. The summed E-state index contributed by atoms with van der Waals surface area (Å²) < 4.78 is 18.3. The van der Waals surface area contributed by atoms with E-state index in [1.807, 2.05) is 0 Å². The van der Waals surface area contributed by atoms with Crippen molar-refractivity contribution in [2.24, 2.45) is 0 Å². The van der Waals surface area contributed by atoms with E-state index < -0.39 is 8.26 Å². The van der Waals surface area contributed by atoms with Crippen LogP contribution >= 0.6 is 21.4 Å². The van der Waals surface area contributed by atoms with E-state index >= 15 is 0 Å². The van der Waals surface area contributed by atoms with Crippen LogP contribution in [0.4, 0.5) is 0 Å². The predicted octanol–water partition coefficient (Wildman–Crippen LogP) is 5.64. The van der Waals surface area contributed by atoms with Crippen LogP contribution in [0, 0.1) is 0 Å². The molecule has 0 saturated carbocycles. The Hall–Kier alpha value is 0.530. The Bertz CT molecular complexity index is 211. The van der Waals surface area contributed by atoms with Gasteiger partial charge in [0.2, 0.25) is 0 Å². The molecule has 0 aliphatic heterocycles. The number of hydrogen-bond acceptors (Lipinski definition) is 2. The number of unbranched alkanes of at least 4 members (excludes halogenated alkanes) is 9. The van der Waals surface area contributed by atoms with Crippen molar-refractivity contribution in [3.8, 4) is 0 Å². The van der Waals surface area contributed by atoms with Gasteiger partial charge in [0.15, 0.2) is 0 Å². The molecule has 0 unspecified atom stereocenters. The molecule has 5 heteroatoms. The predicted molar refractivity (Wildman–Crippen MR) is 78.1 cm³/mol. The van der Waals surface area contributed by atoms with Crippen molar-refractivity contribution in [3.63, 3.8) is 0 Å². The lowest BCUT2D eigenvalue weighted by atomic mass is 10.1. The largest absolute Gasteiger partial charge is 0.317 e. The molecule has 0 aromatic rings. The molecule has 0 radical (unpaired) electrons. The van der Waals surface area contributed by atoms with Crippen molar-refractivity contribution in [1.82, 2.24) is 0 Å². The minimum atomic E-state index is -3.72. The van der Waals surface area contributed by atoms with Crippen molar-refractivity contribution in [3.05, 3.63) is 0 Å². The van der Waals surface area contributed by atoms with Crippen molar-refractivity contribution < 1.29 is 8.42 Å². The third-order valence-corrected chi connectivity index (χ3v) is 2.46. The van der Waals surface area contributed by atoms with Crippen molar-refractivity contribution >= 4 is 29.6 Å². The lowest BCUT2D eigenvalue weighted by Gasteiger charge is -1.99. The van der Waals surface area contributed by atoms with Gasteiger partial charge in [-0.1, -0.05) is 78.1 Å². The van der Waals surface area contributed by atoms with E-state index in [1.54, 1.807) is 0 Å². The van der Waals surface area contributed by atoms with E-state index in [4.69, 9.17) is 8.42 Å². The monoisotopic (exact) mass is 304 g/mol. The van der Waals surface area contributed by atoms with Gasteiger partial charge in [0.25, 0.3) is 0 Å². The molecular formula is C12H26Cl2O2S. The van der Waals surface area contributed by atoms with E-state index in [0.29, 0.717) is 0 Å². The normalized spacial score (nSPS) is 10.8. The molecule has 0 saturated heterocycles. The molecule has 0 heterocycles. The first kappa shape index (κ1) is 19.9. The molecule has 2 nitrogen and oxygen atoms in total. The Balaban J connectivity index is 0. The quantitative estimate of drug-likeness (QED) is 0.408. The minimum absolute atomic E-state index is 1.37. The van der Waals surface area contributed by atoms with Crippen LogP contribution < -0.4 is 0 Å². The second-order valence-electron chi connectivity index (χ2n) is 4.21. The Morgan fingerprint density at radius 3 is 1.00 bits per heavy atom. The summed E-state index contributed by atoms with van der Waals surface area (Å²) in [4.78, 5) is 0. The Kier molecular flexibility index (Phi) is 17.0. The van der Waals surface area contributed by atoms with Crippen molar-refractivity contribution in [2.45, 2.75) is 78.1 Å². The molecule has 0 N–H and O–H groups in total. The first-order valence-electron chi connectivity index (χ1n) is 6.56. The molecule has 0 rings (SSSR count). The van der Waals surface area contributed by atoms with Crippen LogP contribution in [0.25, 0.3) is 0 Å². The Labute approximate surface area is 116 Å². The molecule has 0 aliphatic carbocycles. The fourth-order valence-corrected chi connectivity index (χ4v) is 1.56. The van der Waals surface area contributed by atoms with Gasteiger partial charge >= 0.3 is 8.26 Å². The molecule has 17 heavy (non-hydrogen) atoms. The third-order valence-electron chi connectivity index (χ3n) is 2.46. The van der Waals surface area contributed by atoms with Gasteiger partial charge in [-0.15, -0.1) is 0 Å². The Morgan fingerprint density at radius 1 is 0.647 bits per heavy atom. The van der Waals surface area contributed by atoms with E-state index in [1.165, 1.54) is 64.2 Å². The van der Waals surface area contributed by atoms with Gasteiger partial charge in [0.1, 0.15) is 0 Å². The molecule has 106 valence electrons. The first-order chi connectivity index (χ1) is 7.91. The molecule has 0 fully saturated rings. The van der Waals surface area contributed by atoms with Gasteiger partial charge < -0.3 is 0 Å². The third kappa shape index (κ3) is 38.4. The highest BCUT2D eigenvalue weighted by atomic mass is 36.0. The van der Waals surface area contributed by atoms with Gasteiger partial charge in [0.05, 0.1) is 0 Å². The average molecular weight is 305 g/mol. The summed E-state index contributed by atoms with van der Waals surface area (Å²) in [6, 6.07) is 0. The zero-order valence-corrected chi connectivity index (χ0v) is 13.4. The van der Waals surface area contributed by atoms with Crippen LogP contribution in [0.2, 0.25) is 0 Å². The van der Waals surface area contributed by atoms with Crippen LogP contribution in [0.15, 0.2) is 0 Å². The highest BCUT2D eigenvalue weighted by Crippen LogP contribution is 2.09. The highest BCUT2D eigenvalue weighted by molar-refractivity contribution is 8.31. The van der Waals surface area contributed by atoms with Crippen LogP contribution in [-0.4, -0.2) is 8.42 Å². The van der Waals surface area contributed by atoms with E-state index in [9.17, 15) is 0 Å². The molecule has 0 aromatic heterocycles. The summed E-state index contributed by atoms with van der Waals surface area (Å²) in [6.45, 7) is 4.56. The number of rotatable bonds is 9. The van der Waals surface area contributed by atoms with E-state index in [0.717, 1.165) is 0 Å². The molecule has 0 spiro atoms. The van der Waals surface area contributed by atoms with E-state index in [-0.39, 0.29) is 0 Å². The fourth-order valence-electron chi connectivity index (χ4n) is 1.56. The van der Waals surface area contributed by atoms with Crippen LogP contribution in [-0.2, 0) is 8.26 Å². The summed E-state index contributed by atoms with van der Waals surface area (Å²) in [7, 11) is 4.81. The van der Waals surface area contributed by atoms with Gasteiger partial charge in [-0.05, 0) is 0 Å². The molecule has 0 aliphatic rings. The van der Waals surface area contributed by atoms with Crippen LogP contribution in [0.5, 0.6) is 0 Å². The highest BCUT2D eigenvalue weighted by Gasteiger charge is 1.90. The molecule has 0 amide bonds. The molecular weight excluding hydrogens is 279 g/mol.